The van der Waals surface area contributed by atoms with Gasteiger partial charge in [0.2, 0.25) is 5.91 Å². The Bertz CT molecular complexity index is 693. The number of rotatable bonds is 5. The van der Waals surface area contributed by atoms with Gasteiger partial charge in [-0.1, -0.05) is 43.3 Å². The van der Waals surface area contributed by atoms with Gasteiger partial charge in [-0.25, -0.2) is 0 Å². The van der Waals surface area contributed by atoms with Crippen LogP contribution in [0, 0.1) is 0 Å². The van der Waals surface area contributed by atoms with Crippen LogP contribution in [0.25, 0.3) is 0 Å². The Morgan fingerprint density at radius 1 is 1.12 bits per heavy atom. The van der Waals surface area contributed by atoms with Crippen molar-refractivity contribution >= 4 is 11.6 Å². The largest absolute Gasteiger partial charge is 0.399 e. The van der Waals surface area contributed by atoms with E-state index in [1.165, 1.54) is 11.1 Å². The summed E-state index contributed by atoms with van der Waals surface area (Å²) < 4.78 is 0. The maximum atomic E-state index is 12.9. The molecule has 0 heterocycles. The number of aryl methyl sites for hydroxylation is 1. The van der Waals surface area contributed by atoms with Gasteiger partial charge in [0.15, 0.2) is 0 Å². The van der Waals surface area contributed by atoms with E-state index in [-0.39, 0.29) is 5.91 Å². The summed E-state index contributed by atoms with van der Waals surface area (Å²) in [6.07, 6.45) is 4.55. The highest BCUT2D eigenvalue weighted by molar-refractivity contribution is 5.79. The minimum absolute atomic E-state index is 0.228. The predicted octanol–water partition coefficient (Wildman–Crippen LogP) is 3.61. The van der Waals surface area contributed by atoms with E-state index in [2.05, 4.69) is 36.1 Å². The highest BCUT2D eigenvalue weighted by atomic mass is 16.2. The molecule has 24 heavy (non-hydrogen) atoms. The standard InChI is InChI=1S/C21H26N2O/c1-2-13-23(21(24)14-16-7-10-19(22)11-8-16)20-12-9-17-5-3-4-6-18(17)15-20/h3-8,10-11,20H,2,9,12-15,22H2,1H3. The summed E-state index contributed by atoms with van der Waals surface area (Å²) in [5.41, 5.74) is 10.3. The maximum Gasteiger partial charge on any atom is 0.227 e. The van der Waals surface area contributed by atoms with Crippen LogP contribution in [-0.2, 0) is 24.1 Å². The topological polar surface area (TPSA) is 46.3 Å². The Morgan fingerprint density at radius 3 is 2.54 bits per heavy atom. The number of amides is 1. The van der Waals surface area contributed by atoms with E-state index in [0.29, 0.717) is 12.5 Å². The van der Waals surface area contributed by atoms with Crippen LogP contribution < -0.4 is 5.73 Å². The normalized spacial score (nSPS) is 16.5. The average molecular weight is 322 g/mol. The van der Waals surface area contributed by atoms with E-state index >= 15 is 0 Å². The number of benzene rings is 2. The van der Waals surface area contributed by atoms with Gasteiger partial charge in [-0.2, -0.15) is 0 Å². The van der Waals surface area contributed by atoms with Crippen LogP contribution in [0.2, 0.25) is 0 Å². The van der Waals surface area contributed by atoms with Crippen molar-refractivity contribution in [2.24, 2.45) is 0 Å². The minimum Gasteiger partial charge on any atom is -0.399 e. The van der Waals surface area contributed by atoms with Crippen molar-refractivity contribution in [3.8, 4) is 0 Å². The van der Waals surface area contributed by atoms with E-state index in [4.69, 9.17) is 5.73 Å². The van der Waals surface area contributed by atoms with Crippen molar-refractivity contribution in [2.75, 3.05) is 12.3 Å². The quantitative estimate of drug-likeness (QED) is 0.855. The van der Waals surface area contributed by atoms with Crippen molar-refractivity contribution in [3.63, 3.8) is 0 Å². The van der Waals surface area contributed by atoms with Crippen molar-refractivity contribution < 1.29 is 4.79 Å². The third-order valence-corrected chi connectivity index (χ3v) is 4.88. The lowest BCUT2D eigenvalue weighted by Gasteiger charge is -2.35. The van der Waals surface area contributed by atoms with Crippen LogP contribution in [0.3, 0.4) is 0 Å². The lowest BCUT2D eigenvalue weighted by atomic mass is 9.87. The Kier molecular flexibility index (Phi) is 5.19. The lowest BCUT2D eigenvalue weighted by molar-refractivity contribution is -0.133. The number of hydrogen-bond acceptors (Lipinski definition) is 2. The molecule has 1 atom stereocenters. The number of fused-ring (bicyclic) bond motifs is 1. The highest BCUT2D eigenvalue weighted by Gasteiger charge is 2.27. The summed E-state index contributed by atoms with van der Waals surface area (Å²) in [5, 5.41) is 0. The number of hydrogen-bond donors (Lipinski definition) is 1. The zero-order valence-corrected chi connectivity index (χ0v) is 14.4. The highest BCUT2D eigenvalue weighted by Crippen LogP contribution is 2.25. The van der Waals surface area contributed by atoms with E-state index in [9.17, 15) is 4.79 Å². The molecule has 1 aliphatic carbocycles. The smallest absolute Gasteiger partial charge is 0.227 e. The molecule has 0 fully saturated rings. The van der Waals surface area contributed by atoms with Gasteiger partial charge in [-0.05, 0) is 54.5 Å². The molecule has 3 nitrogen and oxygen atoms in total. The molecule has 2 aromatic rings. The second-order valence-electron chi connectivity index (χ2n) is 6.67. The first-order valence-corrected chi connectivity index (χ1v) is 8.88. The van der Waals surface area contributed by atoms with Gasteiger partial charge in [0, 0.05) is 18.3 Å². The van der Waals surface area contributed by atoms with Crippen molar-refractivity contribution in [1.29, 1.82) is 0 Å². The van der Waals surface area contributed by atoms with Crippen molar-refractivity contribution in [2.45, 2.75) is 45.1 Å². The van der Waals surface area contributed by atoms with Gasteiger partial charge >= 0.3 is 0 Å². The Balaban J connectivity index is 1.72. The van der Waals surface area contributed by atoms with Crippen LogP contribution in [0.4, 0.5) is 5.69 Å². The van der Waals surface area contributed by atoms with Crippen LogP contribution in [0.15, 0.2) is 48.5 Å². The predicted molar refractivity (Wildman–Crippen MR) is 98.8 cm³/mol. The number of nitrogens with two attached hydrogens (primary N) is 1. The molecule has 126 valence electrons. The molecular weight excluding hydrogens is 296 g/mol. The van der Waals surface area contributed by atoms with E-state index in [0.717, 1.165) is 43.5 Å². The maximum absolute atomic E-state index is 12.9. The molecule has 2 aromatic carbocycles. The van der Waals surface area contributed by atoms with E-state index < -0.39 is 0 Å². The van der Waals surface area contributed by atoms with Crippen LogP contribution in [0.5, 0.6) is 0 Å². The molecule has 0 saturated carbocycles. The first-order chi connectivity index (χ1) is 11.7. The van der Waals surface area contributed by atoms with Crippen molar-refractivity contribution in [3.05, 3.63) is 65.2 Å². The molecule has 1 unspecified atom stereocenters. The molecule has 3 heteroatoms. The Morgan fingerprint density at radius 2 is 1.83 bits per heavy atom. The lowest BCUT2D eigenvalue weighted by Crippen LogP contribution is -2.44. The third kappa shape index (κ3) is 3.78. The van der Waals surface area contributed by atoms with Crippen LogP contribution >= 0.6 is 0 Å². The molecule has 1 amide bonds. The van der Waals surface area contributed by atoms with Gasteiger partial charge < -0.3 is 10.6 Å². The number of nitrogen functional groups attached to an aromatic ring is 1. The minimum atomic E-state index is 0.228. The first kappa shape index (κ1) is 16.6. The zero-order chi connectivity index (χ0) is 16.9. The summed E-state index contributed by atoms with van der Waals surface area (Å²) in [4.78, 5) is 15.0. The van der Waals surface area contributed by atoms with Gasteiger partial charge in [-0.3, -0.25) is 4.79 Å². The van der Waals surface area contributed by atoms with Gasteiger partial charge in [0.25, 0.3) is 0 Å². The monoisotopic (exact) mass is 322 g/mol. The fraction of sp³-hybridized carbons (Fsp3) is 0.381. The SMILES string of the molecule is CCCN(C(=O)Cc1ccc(N)cc1)C1CCc2ccccc2C1. The van der Waals surface area contributed by atoms with Gasteiger partial charge in [-0.15, -0.1) is 0 Å². The second kappa shape index (κ2) is 7.52. The summed E-state index contributed by atoms with van der Waals surface area (Å²) in [7, 11) is 0. The molecular formula is C21H26N2O. The summed E-state index contributed by atoms with van der Waals surface area (Å²) in [6, 6.07) is 16.6. The summed E-state index contributed by atoms with van der Waals surface area (Å²) in [6.45, 7) is 2.97. The molecule has 3 rings (SSSR count). The average Bonchev–Trinajstić information content (AvgIpc) is 2.61. The molecule has 0 spiro atoms. The molecule has 0 aromatic heterocycles. The number of carbonyl (C=O) groups excluding carboxylic acids is 1. The number of nitrogens with zero attached hydrogens (tertiary/aromatic N) is 1. The second-order valence-corrected chi connectivity index (χ2v) is 6.67. The molecule has 0 aliphatic heterocycles. The summed E-state index contributed by atoms with van der Waals surface area (Å²) in [5.74, 6) is 0.228. The third-order valence-electron chi connectivity index (χ3n) is 4.88. The Hall–Kier alpha value is -2.29. The van der Waals surface area contributed by atoms with Gasteiger partial charge in [0.1, 0.15) is 0 Å². The first-order valence-electron chi connectivity index (χ1n) is 8.88. The van der Waals surface area contributed by atoms with Crippen molar-refractivity contribution in [1.82, 2.24) is 4.90 Å². The molecule has 0 saturated heterocycles. The fourth-order valence-corrected chi connectivity index (χ4v) is 3.61. The molecule has 0 bridgehead atoms. The number of anilines is 1. The Labute approximate surface area is 144 Å². The van der Waals surface area contributed by atoms with E-state index in [1.807, 2.05) is 24.3 Å². The van der Waals surface area contributed by atoms with Gasteiger partial charge in [0.05, 0.1) is 6.42 Å². The van der Waals surface area contributed by atoms with Crippen LogP contribution in [-0.4, -0.2) is 23.4 Å². The fourth-order valence-electron chi connectivity index (χ4n) is 3.61. The van der Waals surface area contributed by atoms with E-state index in [1.54, 1.807) is 0 Å². The molecule has 2 N–H and O–H groups in total. The summed E-state index contributed by atoms with van der Waals surface area (Å²) >= 11 is 0. The zero-order valence-electron chi connectivity index (χ0n) is 14.4. The number of carbonyl (C=O) groups is 1. The molecule has 1 aliphatic rings. The molecule has 0 radical (unpaired) electrons. The van der Waals surface area contributed by atoms with Crippen LogP contribution in [0.1, 0.15) is 36.5 Å².